The van der Waals surface area contributed by atoms with E-state index in [0.717, 1.165) is 0 Å². The SMILES string of the molecule is Cc1c(Oc2cnc(C(=O)NCC(C)(C)O)cn2)ccc(CO)c1BO. The number of ether oxygens (including phenoxy) is 1. The van der Waals surface area contributed by atoms with Crippen molar-refractivity contribution in [1.29, 1.82) is 0 Å². The van der Waals surface area contributed by atoms with Crippen LogP contribution in [0, 0.1) is 6.92 Å². The molecule has 0 bridgehead atoms. The van der Waals surface area contributed by atoms with E-state index in [0.29, 0.717) is 22.3 Å². The van der Waals surface area contributed by atoms with Crippen LogP contribution in [0.1, 0.15) is 35.5 Å². The predicted molar refractivity (Wildman–Crippen MR) is 96.8 cm³/mol. The molecule has 1 heterocycles. The molecule has 0 saturated carbocycles. The number of carbonyl (C=O) groups excluding carboxylic acids is 1. The van der Waals surface area contributed by atoms with E-state index in [4.69, 9.17) is 4.74 Å². The Morgan fingerprint density at radius 2 is 2.04 bits per heavy atom. The van der Waals surface area contributed by atoms with Gasteiger partial charge in [0.05, 0.1) is 24.6 Å². The molecule has 138 valence electrons. The second kappa shape index (κ2) is 8.26. The van der Waals surface area contributed by atoms with E-state index in [1.54, 1.807) is 32.9 Å². The average molecular weight is 359 g/mol. The highest BCUT2D eigenvalue weighted by atomic mass is 16.5. The molecule has 0 aliphatic heterocycles. The summed E-state index contributed by atoms with van der Waals surface area (Å²) >= 11 is 0. The van der Waals surface area contributed by atoms with Gasteiger partial charge in [-0.2, -0.15) is 0 Å². The van der Waals surface area contributed by atoms with Crippen LogP contribution in [0.15, 0.2) is 24.5 Å². The van der Waals surface area contributed by atoms with Crippen molar-refractivity contribution in [2.45, 2.75) is 33.0 Å². The minimum Gasteiger partial charge on any atom is -0.449 e. The van der Waals surface area contributed by atoms with E-state index < -0.39 is 11.5 Å². The summed E-state index contributed by atoms with van der Waals surface area (Å²) < 4.78 is 5.66. The summed E-state index contributed by atoms with van der Waals surface area (Å²) in [6.07, 6.45) is 2.59. The molecular weight excluding hydrogens is 337 g/mol. The van der Waals surface area contributed by atoms with Gasteiger partial charge < -0.3 is 25.3 Å². The van der Waals surface area contributed by atoms with Gasteiger partial charge in [0.25, 0.3) is 5.91 Å². The summed E-state index contributed by atoms with van der Waals surface area (Å²) in [6.45, 7) is 4.85. The maximum atomic E-state index is 12.0. The monoisotopic (exact) mass is 359 g/mol. The van der Waals surface area contributed by atoms with E-state index >= 15 is 0 Å². The van der Waals surface area contributed by atoms with Gasteiger partial charge in [-0.15, -0.1) is 0 Å². The van der Waals surface area contributed by atoms with E-state index in [-0.39, 0.29) is 32.2 Å². The Morgan fingerprint density at radius 1 is 1.31 bits per heavy atom. The van der Waals surface area contributed by atoms with Crippen molar-refractivity contribution in [1.82, 2.24) is 15.3 Å². The van der Waals surface area contributed by atoms with Crippen LogP contribution in [0.2, 0.25) is 0 Å². The van der Waals surface area contributed by atoms with Crippen LogP contribution in [-0.4, -0.2) is 50.7 Å². The summed E-state index contributed by atoms with van der Waals surface area (Å²) in [7, 11) is -0.217. The van der Waals surface area contributed by atoms with E-state index in [1.807, 2.05) is 0 Å². The quantitative estimate of drug-likeness (QED) is 0.493. The molecule has 0 fully saturated rings. The van der Waals surface area contributed by atoms with Gasteiger partial charge in [-0.3, -0.25) is 4.79 Å². The molecule has 0 aliphatic carbocycles. The molecule has 2 aromatic rings. The Hall–Kier alpha value is -2.49. The first kappa shape index (κ1) is 19.8. The van der Waals surface area contributed by atoms with Crippen LogP contribution < -0.4 is 15.5 Å². The Morgan fingerprint density at radius 3 is 2.58 bits per heavy atom. The summed E-state index contributed by atoms with van der Waals surface area (Å²) in [5, 5.41) is 31.0. The van der Waals surface area contributed by atoms with E-state index in [1.165, 1.54) is 12.4 Å². The van der Waals surface area contributed by atoms with Crippen LogP contribution in [0.4, 0.5) is 0 Å². The zero-order chi connectivity index (χ0) is 19.3. The third-order valence-electron chi connectivity index (χ3n) is 3.73. The lowest BCUT2D eigenvalue weighted by atomic mass is 9.80. The van der Waals surface area contributed by atoms with Crippen molar-refractivity contribution >= 4 is 18.9 Å². The molecule has 0 radical (unpaired) electrons. The number of aromatic nitrogens is 2. The number of nitrogens with zero attached hydrogens (tertiary/aromatic N) is 2. The number of hydrogen-bond donors (Lipinski definition) is 4. The lowest BCUT2D eigenvalue weighted by Crippen LogP contribution is -2.38. The number of hydrogen-bond acceptors (Lipinski definition) is 7. The first-order valence-corrected chi connectivity index (χ1v) is 8.08. The van der Waals surface area contributed by atoms with Crippen LogP contribution in [0.25, 0.3) is 0 Å². The number of nitrogens with one attached hydrogen (secondary N) is 1. The molecule has 1 aromatic carbocycles. The van der Waals surface area contributed by atoms with Crippen LogP contribution in [-0.2, 0) is 6.61 Å². The molecule has 9 heteroatoms. The van der Waals surface area contributed by atoms with Crippen molar-refractivity contribution in [3.63, 3.8) is 0 Å². The molecule has 1 aromatic heterocycles. The normalized spacial score (nSPS) is 11.2. The van der Waals surface area contributed by atoms with Gasteiger partial charge in [-0.05, 0) is 43.4 Å². The van der Waals surface area contributed by atoms with Crippen molar-refractivity contribution in [2.75, 3.05) is 6.54 Å². The predicted octanol–water partition coefficient (Wildman–Crippen LogP) is -0.461. The maximum absolute atomic E-state index is 12.0. The fraction of sp³-hybridized carbons (Fsp3) is 0.353. The number of aliphatic hydroxyl groups excluding tert-OH is 1. The van der Waals surface area contributed by atoms with Gasteiger partial charge in [-0.25, -0.2) is 9.97 Å². The number of benzene rings is 1. The Balaban J connectivity index is 2.11. The lowest BCUT2D eigenvalue weighted by molar-refractivity contribution is 0.0691. The topological polar surface area (TPSA) is 125 Å². The molecule has 2 rings (SSSR count). The molecule has 0 saturated heterocycles. The van der Waals surface area contributed by atoms with Gasteiger partial charge >= 0.3 is 7.48 Å². The Bertz CT molecular complexity index is 775. The second-order valence-corrected chi connectivity index (χ2v) is 6.48. The van der Waals surface area contributed by atoms with Crippen LogP contribution in [0.3, 0.4) is 0 Å². The molecule has 0 spiro atoms. The highest BCUT2D eigenvalue weighted by molar-refractivity contribution is 6.47. The summed E-state index contributed by atoms with van der Waals surface area (Å²) in [5.74, 6) is 0.213. The van der Waals surface area contributed by atoms with Crippen molar-refractivity contribution in [2.24, 2.45) is 0 Å². The minimum atomic E-state index is -1.02. The molecule has 26 heavy (non-hydrogen) atoms. The van der Waals surface area contributed by atoms with E-state index in [9.17, 15) is 20.0 Å². The van der Waals surface area contributed by atoms with Crippen LogP contribution in [0.5, 0.6) is 11.6 Å². The zero-order valence-electron chi connectivity index (χ0n) is 15.0. The Kier molecular flexibility index (Phi) is 6.30. The zero-order valence-corrected chi connectivity index (χ0v) is 15.0. The van der Waals surface area contributed by atoms with Gasteiger partial charge in [0.1, 0.15) is 11.4 Å². The molecular formula is C17H22BN3O5. The third kappa shape index (κ3) is 5.01. The van der Waals surface area contributed by atoms with Crippen molar-refractivity contribution < 1.29 is 24.8 Å². The minimum absolute atomic E-state index is 0.0894. The smallest absolute Gasteiger partial charge is 0.305 e. The van der Waals surface area contributed by atoms with Crippen molar-refractivity contribution in [3.05, 3.63) is 41.3 Å². The number of carbonyl (C=O) groups is 1. The fourth-order valence-electron chi connectivity index (χ4n) is 2.26. The number of rotatable bonds is 7. The summed E-state index contributed by atoms with van der Waals surface area (Å²) in [4.78, 5) is 20.0. The molecule has 0 atom stereocenters. The first-order valence-electron chi connectivity index (χ1n) is 8.08. The Labute approximate surface area is 152 Å². The molecule has 1 amide bonds. The fourth-order valence-corrected chi connectivity index (χ4v) is 2.26. The van der Waals surface area contributed by atoms with Gasteiger partial charge in [0.15, 0.2) is 0 Å². The largest absolute Gasteiger partial charge is 0.449 e. The van der Waals surface area contributed by atoms with Gasteiger partial charge in [-0.1, -0.05) is 6.07 Å². The number of aliphatic hydroxyl groups is 2. The molecule has 0 aliphatic rings. The van der Waals surface area contributed by atoms with E-state index in [2.05, 4.69) is 15.3 Å². The van der Waals surface area contributed by atoms with Crippen molar-refractivity contribution in [3.8, 4) is 11.6 Å². The standard InChI is InChI=1S/C17H22BN3O5/c1-10-13(5-4-11(8-22)15(10)18-25)26-14-7-19-12(6-20-14)16(23)21-9-17(2,3)24/h4-7,18,22,24-25H,8-9H2,1-3H3,(H,21,23). The highest BCUT2D eigenvalue weighted by Gasteiger charge is 2.16. The first-order chi connectivity index (χ1) is 12.2. The third-order valence-corrected chi connectivity index (χ3v) is 3.73. The average Bonchev–Trinajstić information content (AvgIpc) is 2.61. The van der Waals surface area contributed by atoms with Gasteiger partial charge in [0, 0.05) is 6.54 Å². The highest BCUT2D eigenvalue weighted by Crippen LogP contribution is 2.22. The molecule has 4 N–H and O–H groups in total. The van der Waals surface area contributed by atoms with Gasteiger partial charge in [0.2, 0.25) is 5.88 Å². The molecule has 0 unspecified atom stereocenters. The van der Waals surface area contributed by atoms with Crippen LogP contribution >= 0.6 is 0 Å². The summed E-state index contributed by atoms with van der Waals surface area (Å²) in [5.41, 5.74) is 0.995. The summed E-state index contributed by atoms with van der Waals surface area (Å²) in [6, 6.07) is 3.34. The second-order valence-electron chi connectivity index (χ2n) is 6.48. The maximum Gasteiger partial charge on any atom is 0.305 e. The number of amides is 1. The lowest BCUT2D eigenvalue weighted by Gasteiger charge is -2.17. The molecule has 8 nitrogen and oxygen atoms in total.